The maximum Gasteiger partial charge on any atom is 0.326 e. The Bertz CT molecular complexity index is 374. The van der Waals surface area contributed by atoms with Gasteiger partial charge in [-0.2, -0.15) is 0 Å². The molecule has 0 radical (unpaired) electrons. The quantitative estimate of drug-likeness (QED) is 0.781. The highest BCUT2D eigenvalue weighted by Crippen LogP contribution is 2.19. The second-order valence-corrected chi connectivity index (χ2v) is 5.46. The van der Waals surface area contributed by atoms with E-state index in [0.717, 1.165) is 12.8 Å². The summed E-state index contributed by atoms with van der Waals surface area (Å²) in [5.74, 6) is -0.313. The lowest BCUT2D eigenvalue weighted by molar-refractivity contribution is -0.153. The van der Waals surface area contributed by atoms with Crippen molar-refractivity contribution in [3.63, 3.8) is 0 Å². The van der Waals surface area contributed by atoms with Crippen molar-refractivity contribution in [2.24, 2.45) is 0 Å². The molecular weight excluding hydrogens is 256 g/mol. The molecule has 0 aromatic carbocycles. The number of carboxylic acids is 1. The van der Waals surface area contributed by atoms with Gasteiger partial charge in [0.1, 0.15) is 12.6 Å². The van der Waals surface area contributed by atoms with Gasteiger partial charge in [-0.05, 0) is 19.3 Å². The SMILES string of the molecule is O=C(O)[C@@H]1CCCCN1C(=O)CN1CSCC1=O. The number of thioether (sulfide) groups is 1. The van der Waals surface area contributed by atoms with Crippen LogP contribution >= 0.6 is 11.8 Å². The van der Waals surface area contributed by atoms with E-state index < -0.39 is 12.0 Å². The largest absolute Gasteiger partial charge is 0.480 e. The molecule has 2 aliphatic rings. The van der Waals surface area contributed by atoms with Gasteiger partial charge in [0.25, 0.3) is 0 Å². The van der Waals surface area contributed by atoms with E-state index in [2.05, 4.69) is 0 Å². The second-order valence-electron chi connectivity index (χ2n) is 4.51. The molecule has 1 N–H and O–H groups in total. The lowest BCUT2D eigenvalue weighted by Crippen LogP contribution is -2.51. The van der Waals surface area contributed by atoms with Crippen molar-refractivity contribution in [3.8, 4) is 0 Å². The lowest BCUT2D eigenvalue weighted by Gasteiger charge is -2.33. The van der Waals surface area contributed by atoms with Crippen LogP contribution in [0.25, 0.3) is 0 Å². The molecule has 1 atom stereocenters. The first-order valence-electron chi connectivity index (χ1n) is 5.97. The normalized spacial score (nSPS) is 24.4. The Morgan fingerprint density at radius 2 is 2.17 bits per heavy atom. The summed E-state index contributed by atoms with van der Waals surface area (Å²) in [6, 6.07) is -0.725. The van der Waals surface area contributed by atoms with Crippen LogP contribution in [0.15, 0.2) is 0 Å². The fraction of sp³-hybridized carbons (Fsp3) is 0.727. The minimum atomic E-state index is -0.954. The minimum absolute atomic E-state index is 0.00954. The maximum absolute atomic E-state index is 12.1. The standard InChI is InChI=1S/C11H16N2O4S/c14-9(5-12-7-18-6-10(12)15)13-4-2-1-3-8(13)11(16)17/h8H,1-7H2,(H,16,17)/t8-/m0/s1. The van der Waals surface area contributed by atoms with Crippen LogP contribution in [0.3, 0.4) is 0 Å². The predicted octanol–water partition coefficient (Wildman–Crippen LogP) is -0.0150. The van der Waals surface area contributed by atoms with Crippen LogP contribution in [0.4, 0.5) is 0 Å². The number of aliphatic carboxylic acids is 1. The van der Waals surface area contributed by atoms with Crippen LogP contribution in [0, 0.1) is 0 Å². The number of piperidine rings is 1. The summed E-state index contributed by atoms with van der Waals surface area (Å²) in [7, 11) is 0. The fourth-order valence-corrected chi connectivity index (χ4v) is 3.19. The molecule has 0 aromatic rings. The van der Waals surface area contributed by atoms with Crippen molar-refractivity contribution < 1.29 is 19.5 Å². The van der Waals surface area contributed by atoms with E-state index >= 15 is 0 Å². The zero-order valence-electron chi connectivity index (χ0n) is 10.0. The Hall–Kier alpha value is -1.24. The first-order chi connectivity index (χ1) is 8.59. The van der Waals surface area contributed by atoms with Crippen LogP contribution in [-0.4, -0.2) is 63.5 Å². The molecule has 0 bridgehead atoms. The van der Waals surface area contributed by atoms with E-state index in [9.17, 15) is 14.4 Å². The number of likely N-dealkylation sites (tertiary alicyclic amines) is 1. The number of carbonyl (C=O) groups is 3. The zero-order valence-corrected chi connectivity index (χ0v) is 10.8. The Morgan fingerprint density at radius 3 is 2.78 bits per heavy atom. The van der Waals surface area contributed by atoms with Crippen molar-refractivity contribution in [2.75, 3.05) is 24.7 Å². The first kappa shape index (κ1) is 13.2. The molecule has 0 unspecified atom stereocenters. The summed E-state index contributed by atoms with van der Waals surface area (Å²) in [4.78, 5) is 37.5. The molecule has 2 saturated heterocycles. The van der Waals surface area contributed by atoms with Gasteiger partial charge >= 0.3 is 5.97 Å². The summed E-state index contributed by atoms with van der Waals surface area (Å²) in [6.45, 7) is 0.487. The Kier molecular flexibility index (Phi) is 4.11. The molecule has 7 heteroatoms. The Balaban J connectivity index is 1.97. The highest BCUT2D eigenvalue weighted by molar-refractivity contribution is 8.00. The molecule has 0 spiro atoms. The summed E-state index contributed by atoms with van der Waals surface area (Å²) < 4.78 is 0. The van der Waals surface area contributed by atoms with E-state index in [1.165, 1.54) is 21.6 Å². The summed E-state index contributed by atoms with van der Waals surface area (Å²) in [5, 5.41) is 9.09. The third kappa shape index (κ3) is 2.77. The van der Waals surface area contributed by atoms with Gasteiger partial charge in [-0.15, -0.1) is 11.8 Å². The highest BCUT2D eigenvalue weighted by atomic mass is 32.2. The topological polar surface area (TPSA) is 77.9 Å². The second kappa shape index (κ2) is 5.60. The number of nitrogens with zero attached hydrogens (tertiary/aromatic N) is 2. The number of amides is 2. The average molecular weight is 272 g/mol. The number of carboxylic acid groups (broad SMARTS) is 1. The molecule has 18 heavy (non-hydrogen) atoms. The van der Waals surface area contributed by atoms with Gasteiger partial charge in [0, 0.05) is 6.54 Å². The fourth-order valence-electron chi connectivity index (χ4n) is 2.28. The summed E-state index contributed by atoms with van der Waals surface area (Å²) in [6.07, 6.45) is 2.17. The molecule has 2 fully saturated rings. The molecule has 100 valence electrons. The lowest BCUT2D eigenvalue weighted by atomic mass is 10.0. The van der Waals surface area contributed by atoms with Crippen LogP contribution < -0.4 is 0 Å². The molecule has 2 rings (SSSR count). The van der Waals surface area contributed by atoms with Gasteiger partial charge in [-0.1, -0.05) is 0 Å². The van der Waals surface area contributed by atoms with Gasteiger partial charge < -0.3 is 14.9 Å². The van der Waals surface area contributed by atoms with Crippen molar-refractivity contribution in [1.29, 1.82) is 0 Å². The van der Waals surface area contributed by atoms with Crippen molar-refractivity contribution in [3.05, 3.63) is 0 Å². The van der Waals surface area contributed by atoms with Gasteiger partial charge in [0.05, 0.1) is 11.6 Å². The average Bonchev–Trinajstić information content (AvgIpc) is 2.75. The monoisotopic (exact) mass is 272 g/mol. The van der Waals surface area contributed by atoms with Gasteiger partial charge in [-0.3, -0.25) is 9.59 Å². The molecule has 0 saturated carbocycles. The number of hydrogen-bond donors (Lipinski definition) is 1. The Morgan fingerprint density at radius 1 is 1.39 bits per heavy atom. The molecule has 2 amide bonds. The van der Waals surface area contributed by atoms with Crippen LogP contribution in [0.5, 0.6) is 0 Å². The molecule has 0 aromatic heterocycles. The molecule has 6 nitrogen and oxygen atoms in total. The van der Waals surface area contributed by atoms with Crippen LogP contribution in [0.2, 0.25) is 0 Å². The van der Waals surface area contributed by atoms with Gasteiger partial charge in [0.15, 0.2) is 0 Å². The third-order valence-corrected chi connectivity index (χ3v) is 4.21. The minimum Gasteiger partial charge on any atom is -0.480 e. The molecule has 2 heterocycles. The van der Waals surface area contributed by atoms with E-state index in [1.54, 1.807) is 0 Å². The molecule has 0 aliphatic carbocycles. The van der Waals surface area contributed by atoms with E-state index in [-0.39, 0.29) is 18.4 Å². The van der Waals surface area contributed by atoms with Crippen molar-refractivity contribution in [2.45, 2.75) is 25.3 Å². The number of carbonyl (C=O) groups excluding carboxylic acids is 2. The van der Waals surface area contributed by atoms with Gasteiger partial charge in [-0.25, -0.2) is 4.79 Å². The third-order valence-electron chi connectivity index (χ3n) is 3.26. The molecule has 2 aliphatic heterocycles. The first-order valence-corrected chi connectivity index (χ1v) is 7.13. The predicted molar refractivity (Wildman–Crippen MR) is 66.0 cm³/mol. The highest BCUT2D eigenvalue weighted by Gasteiger charge is 2.33. The van der Waals surface area contributed by atoms with E-state index in [4.69, 9.17) is 5.11 Å². The Labute approximate surface area is 109 Å². The van der Waals surface area contributed by atoms with Crippen molar-refractivity contribution in [1.82, 2.24) is 9.80 Å². The van der Waals surface area contributed by atoms with Gasteiger partial charge in [0.2, 0.25) is 11.8 Å². The summed E-state index contributed by atoms with van der Waals surface area (Å²) >= 11 is 1.48. The van der Waals surface area contributed by atoms with Crippen LogP contribution in [-0.2, 0) is 14.4 Å². The maximum atomic E-state index is 12.1. The zero-order chi connectivity index (χ0) is 13.1. The number of hydrogen-bond acceptors (Lipinski definition) is 4. The van der Waals surface area contributed by atoms with E-state index in [0.29, 0.717) is 24.6 Å². The van der Waals surface area contributed by atoms with E-state index in [1.807, 2.05) is 0 Å². The van der Waals surface area contributed by atoms with Crippen LogP contribution in [0.1, 0.15) is 19.3 Å². The molecular formula is C11H16N2O4S. The summed E-state index contributed by atoms with van der Waals surface area (Å²) in [5.41, 5.74) is 0. The smallest absolute Gasteiger partial charge is 0.326 e. The number of rotatable bonds is 3. The van der Waals surface area contributed by atoms with Crippen molar-refractivity contribution >= 4 is 29.5 Å².